The Hall–Kier alpha value is -1.20. The van der Waals surface area contributed by atoms with E-state index in [0.29, 0.717) is 0 Å². The monoisotopic (exact) mass is 175 g/mol. The van der Waals surface area contributed by atoms with E-state index in [2.05, 4.69) is 6.07 Å². The predicted octanol–water partition coefficient (Wildman–Crippen LogP) is 3.16. The van der Waals surface area contributed by atoms with E-state index in [1.54, 1.807) is 11.8 Å². The Kier molecular flexibility index (Phi) is 3.43. The molecule has 1 aliphatic rings. The quantitative estimate of drug-likeness (QED) is 0.571. The van der Waals surface area contributed by atoms with Gasteiger partial charge >= 0.3 is 0 Å². The van der Waals surface area contributed by atoms with Gasteiger partial charge in [0.25, 0.3) is 0 Å². The van der Waals surface area contributed by atoms with Crippen LogP contribution in [0.2, 0.25) is 0 Å². The lowest BCUT2D eigenvalue weighted by Gasteiger charge is -1.94. The minimum Gasteiger partial charge on any atom is -0.192 e. The summed E-state index contributed by atoms with van der Waals surface area (Å²) in [6.07, 6.45) is 7.65. The molecule has 0 aliphatic carbocycles. The molecule has 12 heavy (non-hydrogen) atoms. The van der Waals surface area contributed by atoms with Gasteiger partial charge in [-0.25, -0.2) is 0 Å². The fraction of sp³-hybridized carbons (Fsp3) is 0.100. The molecule has 60 valence electrons. The smallest absolute Gasteiger partial charge is 0.0994 e. The second-order valence-electron chi connectivity index (χ2n) is 2.20. The Morgan fingerprint density at radius 3 is 3.08 bits per heavy atom. The summed E-state index contributed by atoms with van der Waals surface area (Å²) in [7, 11) is 0. The molecule has 0 spiro atoms. The average molecular weight is 175 g/mol. The van der Waals surface area contributed by atoms with Gasteiger partial charge in [0.1, 0.15) is 0 Å². The van der Waals surface area contributed by atoms with Crippen molar-refractivity contribution >= 4 is 11.8 Å². The number of nitrogens with zero attached hydrogens (tertiary/aromatic N) is 1. The molecular weight excluding hydrogens is 166 g/mol. The normalized spacial score (nSPS) is 16.7. The highest BCUT2D eigenvalue weighted by atomic mass is 32.2. The largest absolute Gasteiger partial charge is 0.192 e. The van der Waals surface area contributed by atoms with Crippen molar-refractivity contribution in [3.63, 3.8) is 0 Å². The number of hydrogen-bond acceptors (Lipinski definition) is 2. The van der Waals surface area contributed by atoms with Gasteiger partial charge in [0.15, 0.2) is 0 Å². The summed E-state index contributed by atoms with van der Waals surface area (Å²) in [5.41, 5.74) is 1.69. The fourth-order valence-corrected chi connectivity index (χ4v) is 1.36. The maximum Gasteiger partial charge on any atom is 0.0994 e. The van der Waals surface area contributed by atoms with Crippen molar-refractivity contribution in [2.75, 3.05) is 0 Å². The van der Waals surface area contributed by atoms with Crippen LogP contribution >= 0.6 is 11.8 Å². The third-order valence-corrected chi connectivity index (χ3v) is 2.09. The lowest BCUT2D eigenvalue weighted by atomic mass is 10.1. The molecule has 1 nitrogen and oxygen atoms in total. The molecule has 0 radical (unpaired) electrons. The van der Waals surface area contributed by atoms with E-state index in [1.807, 2.05) is 42.0 Å². The number of thioether (sulfide) groups is 1. The van der Waals surface area contributed by atoms with Crippen LogP contribution in [0.1, 0.15) is 6.92 Å². The van der Waals surface area contributed by atoms with Gasteiger partial charge in [0, 0.05) is 0 Å². The van der Waals surface area contributed by atoms with Crippen molar-refractivity contribution < 1.29 is 0 Å². The van der Waals surface area contributed by atoms with E-state index in [-0.39, 0.29) is 0 Å². The fourth-order valence-electron chi connectivity index (χ4n) is 0.877. The molecule has 0 N–H and O–H groups in total. The molecule has 2 heteroatoms. The van der Waals surface area contributed by atoms with Crippen molar-refractivity contribution in [2.24, 2.45) is 0 Å². The average Bonchev–Trinajstić information content (AvgIpc) is 2.35. The second-order valence-corrected chi connectivity index (χ2v) is 3.02. The van der Waals surface area contributed by atoms with Crippen molar-refractivity contribution in [2.45, 2.75) is 6.92 Å². The Morgan fingerprint density at radius 1 is 1.58 bits per heavy atom. The van der Waals surface area contributed by atoms with Crippen LogP contribution in [0.3, 0.4) is 0 Å². The van der Waals surface area contributed by atoms with E-state index in [9.17, 15) is 0 Å². The van der Waals surface area contributed by atoms with Crippen LogP contribution in [0.25, 0.3) is 0 Å². The first-order valence-electron chi connectivity index (χ1n) is 3.64. The van der Waals surface area contributed by atoms with Gasteiger partial charge in [0.05, 0.1) is 11.6 Å². The molecule has 0 aromatic heterocycles. The summed E-state index contributed by atoms with van der Waals surface area (Å²) in [6, 6.07) is 2.15. The molecule has 0 fully saturated rings. The zero-order valence-electron chi connectivity index (χ0n) is 6.82. The topological polar surface area (TPSA) is 23.8 Å². The first-order valence-corrected chi connectivity index (χ1v) is 4.58. The zero-order valence-corrected chi connectivity index (χ0v) is 7.64. The molecule has 1 aliphatic heterocycles. The maximum atomic E-state index is 8.75. The van der Waals surface area contributed by atoms with Crippen LogP contribution in [0, 0.1) is 11.3 Å². The third kappa shape index (κ3) is 2.14. The highest BCUT2D eigenvalue weighted by molar-refractivity contribution is 8.04. The molecule has 0 atom stereocenters. The van der Waals surface area contributed by atoms with Crippen LogP contribution in [0.15, 0.2) is 46.3 Å². The zero-order chi connectivity index (χ0) is 8.81. The van der Waals surface area contributed by atoms with Crippen molar-refractivity contribution in [3.05, 3.63) is 46.3 Å². The number of nitriles is 1. The van der Waals surface area contributed by atoms with Crippen LogP contribution in [-0.2, 0) is 0 Å². The highest BCUT2D eigenvalue weighted by Crippen LogP contribution is 2.17. The second kappa shape index (κ2) is 4.63. The number of hydrogen-bond donors (Lipinski definition) is 0. The molecular formula is C10H9NS. The van der Waals surface area contributed by atoms with Gasteiger partial charge in [-0.05, 0) is 29.4 Å². The maximum absolute atomic E-state index is 8.75. The molecule has 0 saturated carbocycles. The SMILES string of the molecule is C/C=C(\C#N)C1=CC=CSC=C1. The number of rotatable bonds is 1. The first kappa shape index (κ1) is 8.89. The summed E-state index contributed by atoms with van der Waals surface area (Å²) >= 11 is 1.61. The summed E-state index contributed by atoms with van der Waals surface area (Å²) in [6.45, 7) is 1.87. The molecule has 0 aromatic carbocycles. The van der Waals surface area contributed by atoms with E-state index >= 15 is 0 Å². The Balaban J connectivity index is 2.95. The first-order chi connectivity index (χ1) is 5.88. The third-order valence-electron chi connectivity index (χ3n) is 1.48. The van der Waals surface area contributed by atoms with Crippen molar-refractivity contribution in [1.29, 1.82) is 5.26 Å². The van der Waals surface area contributed by atoms with Crippen LogP contribution < -0.4 is 0 Å². The molecule has 1 rings (SSSR count). The van der Waals surface area contributed by atoms with Gasteiger partial charge in [-0.3, -0.25) is 0 Å². The standard InChI is InChI=1S/C10H9NS/c1-2-9(8-11)10-4-3-6-12-7-5-10/h2-7H,1H3/b9-2+. The molecule has 0 saturated heterocycles. The predicted molar refractivity (Wildman–Crippen MR) is 53.3 cm³/mol. The van der Waals surface area contributed by atoms with Gasteiger partial charge in [-0.1, -0.05) is 18.2 Å². The minimum atomic E-state index is 0.721. The van der Waals surface area contributed by atoms with Gasteiger partial charge in [-0.2, -0.15) is 5.26 Å². The van der Waals surface area contributed by atoms with E-state index in [4.69, 9.17) is 5.26 Å². The van der Waals surface area contributed by atoms with E-state index in [1.165, 1.54) is 0 Å². The van der Waals surface area contributed by atoms with Gasteiger partial charge in [0.2, 0.25) is 0 Å². The lowest BCUT2D eigenvalue weighted by Crippen LogP contribution is -1.80. The Bertz CT molecular complexity index is 313. The Labute approximate surface area is 76.8 Å². The van der Waals surface area contributed by atoms with Crippen LogP contribution in [0.5, 0.6) is 0 Å². The summed E-state index contributed by atoms with van der Waals surface area (Å²) in [4.78, 5) is 0. The highest BCUT2D eigenvalue weighted by Gasteiger charge is 1.98. The molecule has 0 aromatic rings. The molecule has 1 heterocycles. The van der Waals surface area contributed by atoms with Crippen LogP contribution in [-0.4, -0.2) is 0 Å². The summed E-state index contributed by atoms with van der Waals surface area (Å²) < 4.78 is 0. The van der Waals surface area contributed by atoms with E-state index in [0.717, 1.165) is 11.1 Å². The summed E-state index contributed by atoms with van der Waals surface area (Å²) in [5, 5.41) is 12.7. The lowest BCUT2D eigenvalue weighted by molar-refractivity contribution is 1.44. The number of allylic oxidation sites excluding steroid dienone is 6. The van der Waals surface area contributed by atoms with Crippen molar-refractivity contribution in [3.8, 4) is 6.07 Å². The molecule has 0 bridgehead atoms. The summed E-state index contributed by atoms with van der Waals surface area (Å²) in [5.74, 6) is 0. The molecule has 0 amide bonds. The molecule has 0 unspecified atom stereocenters. The van der Waals surface area contributed by atoms with Crippen LogP contribution in [0.4, 0.5) is 0 Å². The minimum absolute atomic E-state index is 0.721. The van der Waals surface area contributed by atoms with Gasteiger partial charge < -0.3 is 0 Å². The van der Waals surface area contributed by atoms with Gasteiger partial charge in [-0.15, -0.1) is 11.8 Å². The Morgan fingerprint density at radius 2 is 2.42 bits per heavy atom. The van der Waals surface area contributed by atoms with Crippen molar-refractivity contribution in [1.82, 2.24) is 0 Å². The van der Waals surface area contributed by atoms with E-state index < -0.39 is 0 Å².